The van der Waals surface area contributed by atoms with Gasteiger partial charge in [0.2, 0.25) is 17.7 Å². The van der Waals surface area contributed by atoms with Crippen LogP contribution in [0.1, 0.15) is 57.6 Å². The number of β-lactam (4-membered cyclic amide) rings is 1. The maximum Gasteiger partial charge on any atom is 0.228 e. The third-order valence-corrected chi connectivity index (χ3v) is 5.83. The zero-order chi connectivity index (χ0) is 21.4. The highest BCUT2D eigenvalue weighted by atomic mass is 16.2. The lowest BCUT2D eigenvalue weighted by atomic mass is 9.84. The third-order valence-electron chi connectivity index (χ3n) is 5.83. The molecule has 4 rings (SSSR count). The normalized spacial score (nSPS) is 23.7. The SMILES string of the molecule is CCN1C(=O)C(C)C1c1ccccc1.CN1CCCC1=O.CN1CCCCC1=O. The van der Waals surface area contributed by atoms with Gasteiger partial charge in [-0.3, -0.25) is 14.4 Å². The van der Waals surface area contributed by atoms with Crippen molar-refractivity contribution in [2.75, 3.05) is 33.7 Å². The van der Waals surface area contributed by atoms with Crippen LogP contribution in [0.5, 0.6) is 0 Å². The largest absolute Gasteiger partial charge is 0.346 e. The summed E-state index contributed by atoms with van der Waals surface area (Å²) in [5.41, 5.74) is 1.25. The molecule has 2 atom stereocenters. The molecule has 0 saturated carbocycles. The van der Waals surface area contributed by atoms with Crippen molar-refractivity contribution in [3.8, 4) is 0 Å². The van der Waals surface area contributed by atoms with E-state index in [0.717, 1.165) is 45.3 Å². The van der Waals surface area contributed by atoms with Crippen LogP contribution in [0.15, 0.2) is 30.3 Å². The number of nitrogens with zero attached hydrogens (tertiary/aromatic N) is 3. The van der Waals surface area contributed by atoms with Gasteiger partial charge in [0, 0.05) is 46.6 Å². The van der Waals surface area contributed by atoms with Gasteiger partial charge in [-0.25, -0.2) is 0 Å². The fraction of sp³-hybridized carbons (Fsp3) is 0.609. The van der Waals surface area contributed by atoms with E-state index in [9.17, 15) is 14.4 Å². The van der Waals surface area contributed by atoms with Crippen LogP contribution in [0, 0.1) is 5.92 Å². The van der Waals surface area contributed by atoms with Crippen LogP contribution in [0.2, 0.25) is 0 Å². The van der Waals surface area contributed by atoms with Crippen molar-refractivity contribution in [1.82, 2.24) is 14.7 Å². The Labute approximate surface area is 174 Å². The third kappa shape index (κ3) is 6.05. The Morgan fingerprint density at radius 2 is 1.41 bits per heavy atom. The minimum Gasteiger partial charge on any atom is -0.346 e. The Morgan fingerprint density at radius 1 is 0.862 bits per heavy atom. The smallest absolute Gasteiger partial charge is 0.228 e. The first-order valence-corrected chi connectivity index (χ1v) is 10.7. The number of rotatable bonds is 2. The average Bonchev–Trinajstić information content (AvgIpc) is 3.11. The van der Waals surface area contributed by atoms with Gasteiger partial charge >= 0.3 is 0 Å². The van der Waals surface area contributed by atoms with E-state index in [1.54, 1.807) is 9.80 Å². The summed E-state index contributed by atoms with van der Waals surface area (Å²) in [5.74, 6) is 1.02. The van der Waals surface area contributed by atoms with Gasteiger partial charge in [-0.05, 0) is 31.7 Å². The molecule has 29 heavy (non-hydrogen) atoms. The predicted octanol–water partition coefficient (Wildman–Crippen LogP) is 3.09. The van der Waals surface area contributed by atoms with Crippen LogP contribution in [0.3, 0.4) is 0 Å². The molecule has 0 radical (unpaired) electrons. The molecule has 0 aromatic heterocycles. The first-order chi connectivity index (χ1) is 13.9. The minimum absolute atomic E-state index is 0.150. The number of carbonyl (C=O) groups is 3. The Morgan fingerprint density at radius 3 is 1.83 bits per heavy atom. The second-order valence-corrected chi connectivity index (χ2v) is 7.96. The lowest BCUT2D eigenvalue weighted by molar-refractivity contribution is -0.155. The molecule has 6 heteroatoms. The molecule has 0 spiro atoms. The highest BCUT2D eigenvalue weighted by Gasteiger charge is 2.43. The van der Waals surface area contributed by atoms with E-state index in [0.29, 0.717) is 17.9 Å². The van der Waals surface area contributed by atoms with Gasteiger partial charge in [-0.2, -0.15) is 0 Å². The standard InChI is InChI=1S/C12H15NO.C6H11NO.C5H9NO/c1-3-13-11(9(2)12(13)14)10-7-5-4-6-8-10;1-7-5-3-2-4-6(7)8;1-6-4-2-3-5(6)7/h4-9,11H,3H2,1-2H3;2-5H2,1H3;2-4H2,1H3. The van der Waals surface area contributed by atoms with E-state index in [1.165, 1.54) is 12.0 Å². The summed E-state index contributed by atoms with van der Waals surface area (Å²) >= 11 is 0. The van der Waals surface area contributed by atoms with Crippen molar-refractivity contribution in [2.24, 2.45) is 5.92 Å². The molecule has 3 heterocycles. The first-order valence-electron chi connectivity index (χ1n) is 10.7. The van der Waals surface area contributed by atoms with Gasteiger partial charge in [-0.1, -0.05) is 37.3 Å². The van der Waals surface area contributed by atoms with Crippen LogP contribution >= 0.6 is 0 Å². The van der Waals surface area contributed by atoms with Crippen molar-refractivity contribution in [3.63, 3.8) is 0 Å². The molecule has 1 aromatic carbocycles. The van der Waals surface area contributed by atoms with Gasteiger partial charge in [0.25, 0.3) is 0 Å². The van der Waals surface area contributed by atoms with Crippen molar-refractivity contribution in [1.29, 1.82) is 0 Å². The highest BCUT2D eigenvalue weighted by molar-refractivity contribution is 5.86. The van der Waals surface area contributed by atoms with Crippen molar-refractivity contribution in [3.05, 3.63) is 35.9 Å². The molecule has 0 N–H and O–H groups in total. The van der Waals surface area contributed by atoms with Crippen molar-refractivity contribution < 1.29 is 14.4 Å². The zero-order valence-corrected chi connectivity index (χ0v) is 18.3. The summed E-state index contributed by atoms with van der Waals surface area (Å²) in [4.78, 5) is 38.2. The van der Waals surface area contributed by atoms with Crippen LogP contribution < -0.4 is 0 Å². The summed E-state index contributed by atoms with van der Waals surface area (Å²) in [6.07, 6.45) is 4.84. The lowest BCUT2D eigenvalue weighted by Gasteiger charge is -2.45. The van der Waals surface area contributed by atoms with Gasteiger partial charge in [0.05, 0.1) is 12.0 Å². The summed E-state index contributed by atoms with van der Waals surface area (Å²) in [7, 11) is 3.71. The lowest BCUT2D eigenvalue weighted by Crippen LogP contribution is -2.53. The van der Waals surface area contributed by atoms with Crippen molar-refractivity contribution in [2.45, 2.75) is 52.0 Å². The minimum atomic E-state index is 0.150. The molecular weight excluding hydrogens is 366 g/mol. The molecule has 1 aromatic rings. The van der Waals surface area contributed by atoms with E-state index in [2.05, 4.69) is 12.1 Å². The summed E-state index contributed by atoms with van der Waals surface area (Å²) in [5, 5.41) is 0. The quantitative estimate of drug-likeness (QED) is 0.716. The van der Waals surface area contributed by atoms with Gasteiger partial charge in [0.15, 0.2) is 0 Å². The number of piperidine rings is 1. The van der Waals surface area contributed by atoms with Gasteiger partial charge in [0.1, 0.15) is 0 Å². The Balaban J connectivity index is 0.000000170. The fourth-order valence-electron chi connectivity index (χ4n) is 3.92. The van der Waals surface area contributed by atoms with E-state index in [1.807, 2.05) is 51.0 Å². The molecule has 6 nitrogen and oxygen atoms in total. The highest BCUT2D eigenvalue weighted by Crippen LogP contribution is 2.38. The van der Waals surface area contributed by atoms with E-state index in [4.69, 9.17) is 0 Å². The number of likely N-dealkylation sites (tertiary alicyclic amines) is 3. The second-order valence-electron chi connectivity index (χ2n) is 7.96. The van der Waals surface area contributed by atoms with E-state index >= 15 is 0 Å². The van der Waals surface area contributed by atoms with Gasteiger partial charge in [-0.15, -0.1) is 0 Å². The Bertz CT molecular complexity index is 692. The first kappa shape index (κ1) is 22.9. The van der Waals surface area contributed by atoms with Crippen LogP contribution in [-0.4, -0.2) is 66.2 Å². The van der Waals surface area contributed by atoms with Crippen molar-refractivity contribution >= 4 is 17.7 Å². The molecule has 3 saturated heterocycles. The molecular formula is C23H35N3O3. The Kier molecular flexibility index (Phi) is 8.68. The number of benzene rings is 1. The molecule has 3 aliphatic rings. The second kappa shape index (κ2) is 11.0. The fourth-order valence-corrected chi connectivity index (χ4v) is 3.92. The molecule has 160 valence electrons. The maximum atomic E-state index is 11.5. The van der Waals surface area contributed by atoms with Crippen LogP contribution in [-0.2, 0) is 14.4 Å². The number of hydrogen-bond donors (Lipinski definition) is 0. The predicted molar refractivity (Wildman–Crippen MR) is 114 cm³/mol. The van der Waals surface area contributed by atoms with E-state index < -0.39 is 0 Å². The maximum absolute atomic E-state index is 11.5. The zero-order valence-electron chi connectivity index (χ0n) is 18.3. The van der Waals surface area contributed by atoms with Crippen LogP contribution in [0.25, 0.3) is 0 Å². The average molecular weight is 402 g/mol. The van der Waals surface area contributed by atoms with E-state index in [-0.39, 0.29) is 11.8 Å². The number of hydrogen-bond acceptors (Lipinski definition) is 3. The Hall–Kier alpha value is -2.37. The molecule has 0 bridgehead atoms. The van der Waals surface area contributed by atoms with Crippen LogP contribution in [0.4, 0.5) is 0 Å². The summed E-state index contributed by atoms with van der Waals surface area (Å²) < 4.78 is 0. The topological polar surface area (TPSA) is 60.9 Å². The molecule has 3 aliphatic heterocycles. The monoisotopic (exact) mass is 401 g/mol. The number of amides is 3. The molecule has 0 aliphatic carbocycles. The number of carbonyl (C=O) groups excluding carboxylic acids is 3. The molecule has 2 unspecified atom stereocenters. The molecule has 3 fully saturated rings. The summed E-state index contributed by atoms with van der Waals surface area (Å²) in [6, 6.07) is 10.5. The summed E-state index contributed by atoms with van der Waals surface area (Å²) in [6.45, 7) is 6.76. The van der Waals surface area contributed by atoms with Gasteiger partial charge < -0.3 is 14.7 Å². The molecule has 3 amide bonds.